The molecule has 0 amide bonds. The van der Waals surface area contributed by atoms with Gasteiger partial charge in [-0.05, 0) is 50.4 Å². The van der Waals surface area contributed by atoms with E-state index in [2.05, 4.69) is 4.90 Å². The van der Waals surface area contributed by atoms with Crippen LogP contribution < -0.4 is 4.90 Å². The standard InChI is InChI=1S/C26H27NO4S/c1-4-30-24(28)26(25(29)31-5-2)20-10-7-6-8-11-21(20)27(19-15-13-18(3)14-16-19)23(26)22-12-9-17-32-22/h6-17,20,23H,4-5H2,1-3H3/t20-,23+/m1/s1. The fourth-order valence-electron chi connectivity index (χ4n) is 4.60. The summed E-state index contributed by atoms with van der Waals surface area (Å²) in [5.74, 6) is -1.66. The van der Waals surface area contributed by atoms with Gasteiger partial charge in [0.25, 0.3) is 0 Å². The van der Waals surface area contributed by atoms with Crippen LogP contribution in [0.15, 0.2) is 77.9 Å². The SMILES string of the molecule is CCOC(=O)C1(C(=O)OCC)[C@@H]2C=CC=CC=C2N(c2ccc(C)cc2)[C@H]1c1cccs1. The Morgan fingerprint density at radius 1 is 1.00 bits per heavy atom. The molecule has 166 valence electrons. The van der Waals surface area contributed by atoms with Gasteiger partial charge in [0.1, 0.15) is 0 Å². The fraction of sp³-hybridized carbons (Fsp3) is 0.308. The number of aryl methyl sites for hydroxylation is 1. The molecule has 2 atom stereocenters. The van der Waals surface area contributed by atoms with Crippen LogP contribution in [0.25, 0.3) is 0 Å². The molecule has 1 fully saturated rings. The van der Waals surface area contributed by atoms with E-state index in [9.17, 15) is 9.59 Å². The Morgan fingerprint density at radius 2 is 1.69 bits per heavy atom. The molecule has 1 aromatic heterocycles. The Labute approximate surface area is 192 Å². The largest absolute Gasteiger partial charge is 0.465 e. The average molecular weight is 450 g/mol. The number of hydrogen-bond acceptors (Lipinski definition) is 6. The Kier molecular flexibility index (Phi) is 6.33. The lowest BCUT2D eigenvalue weighted by molar-refractivity contribution is -0.174. The van der Waals surface area contributed by atoms with Crippen molar-refractivity contribution in [2.45, 2.75) is 26.8 Å². The lowest BCUT2D eigenvalue weighted by atomic mass is 9.71. The van der Waals surface area contributed by atoms with E-state index in [1.807, 2.05) is 79.1 Å². The van der Waals surface area contributed by atoms with E-state index in [0.29, 0.717) is 0 Å². The van der Waals surface area contributed by atoms with E-state index >= 15 is 0 Å². The van der Waals surface area contributed by atoms with Crippen molar-refractivity contribution in [3.8, 4) is 0 Å². The summed E-state index contributed by atoms with van der Waals surface area (Å²) < 4.78 is 11.1. The minimum Gasteiger partial charge on any atom is -0.465 e. The van der Waals surface area contributed by atoms with Gasteiger partial charge in [-0.3, -0.25) is 9.59 Å². The lowest BCUT2D eigenvalue weighted by Crippen LogP contribution is -2.49. The molecule has 0 spiro atoms. The van der Waals surface area contributed by atoms with Gasteiger partial charge in [0.2, 0.25) is 5.41 Å². The van der Waals surface area contributed by atoms with Gasteiger partial charge >= 0.3 is 11.9 Å². The van der Waals surface area contributed by atoms with E-state index in [1.165, 1.54) is 11.3 Å². The summed E-state index contributed by atoms with van der Waals surface area (Å²) in [5, 5.41) is 1.96. The van der Waals surface area contributed by atoms with Crippen molar-refractivity contribution in [2.24, 2.45) is 11.3 Å². The van der Waals surface area contributed by atoms with E-state index in [4.69, 9.17) is 9.47 Å². The van der Waals surface area contributed by atoms with E-state index in [0.717, 1.165) is 21.8 Å². The molecule has 6 heteroatoms. The van der Waals surface area contributed by atoms with Crippen molar-refractivity contribution in [3.05, 3.63) is 88.3 Å². The van der Waals surface area contributed by atoms with Gasteiger partial charge in [-0.15, -0.1) is 11.3 Å². The van der Waals surface area contributed by atoms with Gasteiger partial charge in [0.15, 0.2) is 0 Å². The van der Waals surface area contributed by atoms with Crippen LogP contribution in [0.5, 0.6) is 0 Å². The summed E-state index contributed by atoms with van der Waals surface area (Å²) in [6.07, 6.45) is 9.61. The molecule has 5 nitrogen and oxygen atoms in total. The zero-order valence-corrected chi connectivity index (χ0v) is 19.3. The van der Waals surface area contributed by atoms with Crippen molar-refractivity contribution in [1.29, 1.82) is 0 Å². The second-order valence-electron chi connectivity index (χ2n) is 7.77. The second-order valence-corrected chi connectivity index (χ2v) is 8.75. The maximum absolute atomic E-state index is 13.8. The van der Waals surface area contributed by atoms with Crippen molar-refractivity contribution in [1.82, 2.24) is 0 Å². The van der Waals surface area contributed by atoms with Crippen LogP contribution in [0.3, 0.4) is 0 Å². The number of thiophene rings is 1. The summed E-state index contributed by atoms with van der Waals surface area (Å²) in [4.78, 5) is 30.5. The number of rotatable bonds is 6. The first-order chi connectivity index (χ1) is 15.6. The normalized spacial score (nSPS) is 21.0. The molecule has 2 aliphatic rings. The average Bonchev–Trinajstić information content (AvgIpc) is 3.32. The fourth-order valence-corrected chi connectivity index (χ4v) is 5.49. The molecule has 2 heterocycles. The molecule has 2 aromatic rings. The summed E-state index contributed by atoms with van der Waals surface area (Å²) in [6, 6.07) is 11.4. The lowest BCUT2D eigenvalue weighted by Gasteiger charge is -2.35. The third-order valence-electron chi connectivity index (χ3n) is 5.92. The first-order valence-corrected chi connectivity index (χ1v) is 11.7. The smallest absolute Gasteiger partial charge is 0.327 e. The summed E-state index contributed by atoms with van der Waals surface area (Å²) in [7, 11) is 0. The summed E-state index contributed by atoms with van der Waals surface area (Å²) in [6.45, 7) is 5.89. The van der Waals surface area contributed by atoms with Gasteiger partial charge in [-0.1, -0.05) is 48.1 Å². The number of allylic oxidation sites excluding steroid dienone is 5. The maximum Gasteiger partial charge on any atom is 0.327 e. The highest BCUT2D eigenvalue weighted by molar-refractivity contribution is 7.10. The quantitative estimate of drug-likeness (QED) is 0.439. The van der Waals surface area contributed by atoms with Crippen molar-refractivity contribution >= 4 is 29.0 Å². The zero-order valence-electron chi connectivity index (χ0n) is 18.5. The van der Waals surface area contributed by atoms with Crippen molar-refractivity contribution in [3.63, 3.8) is 0 Å². The van der Waals surface area contributed by atoms with Crippen LogP contribution in [-0.2, 0) is 19.1 Å². The molecule has 4 rings (SSSR count). The summed E-state index contributed by atoms with van der Waals surface area (Å²) >= 11 is 1.52. The first-order valence-electron chi connectivity index (χ1n) is 10.8. The van der Waals surface area contributed by atoms with Gasteiger partial charge in [0, 0.05) is 22.2 Å². The van der Waals surface area contributed by atoms with Crippen LogP contribution in [-0.4, -0.2) is 25.2 Å². The van der Waals surface area contributed by atoms with Gasteiger partial charge < -0.3 is 14.4 Å². The molecule has 1 aromatic carbocycles. The molecular weight excluding hydrogens is 422 g/mol. The van der Waals surface area contributed by atoms with Gasteiger partial charge in [-0.2, -0.15) is 0 Å². The molecule has 1 aliphatic heterocycles. The predicted molar refractivity (Wildman–Crippen MR) is 126 cm³/mol. The molecule has 1 saturated heterocycles. The van der Waals surface area contributed by atoms with Crippen LogP contribution in [0, 0.1) is 18.3 Å². The molecule has 0 radical (unpaired) electrons. The second kappa shape index (κ2) is 9.17. The van der Waals surface area contributed by atoms with Gasteiger partial charge in [0.05, 0.1) is 19.3 Å². The first kappa shape index (κ1) is 22.1. The molecule has 0 saturated carbocycles. The number of hydrogen-bond donors (Lipinski definition) is 0. The molecule has 32 heavy (non-hydrogen) atoms. The predicted octanol–water partition coefficient (Wildman–Crippen LogP) is 5.36. The number of carbonyl (C=O) groups excluding carboxylic acids is 2. The van der Waals surface area contributed by atoms with Crippen LogP contribution >= 0.6 is 11.3 Å². The van der Waals surface area contributed by atoms with Crippen molar-refractivity contribution in [2.75, 3.05) is 18.1 Å². The highest BCUT2D eigenvalue weighted by Crippen LogP contribution is 2.60. The Bertz CT molecular complexity index is 1050. The number of ether oxygens (including phenoxy) is 2. The topological polar surface area (TPSA) is 55.8 Å². The number of anilines is 1. The maximum atomic E-state index is 13.8. The molecule has 0 bridgehead atoms. The summed E-state index contributed by atoms with van der Waals surface area (Å²) in [5.41, 5.74) is 1.33. The molecule has 1 aliphatic carbocycles. The Hall–Kier alpha value is -3.12. The number of nitrogens with zero attached hydrogens (tertiary/aromatic N) is 1. The third-order valence-corrected chi connectivity index (χ3v) is 6.85. The van der Waals surface area contributed by atoms with E-state index < -0.39 is 29.3 Å². The van der Waals surface area contributed by atoms with Gasteiger partial charge in [-0.25, -0.2) is 0 Å². The van der Waals surface area contributed by atoms with Crippen molar-refractivity contribution < 1.29 is 19.1 Å². The third kappa shape index (κ3) is 3.48. The number of fused-ring (bicyclic) bond motifs is 1. The van der Waals surface area contributed by atoms with Crippen LogP contribution in [0.1, 0.15) is 30.3 Å². The van der Waals surface area contributed by atoms with Crippen LogP contribution in [0.2, 0.25) is 0 Å². The monoisotopic (exact) mass is 449 g/mol. The highest BCUT2D eigenvalue weighted by Gasteiger charge is 2.68. The number of benzene rings is 1. The number of carbonyl (C=O) groups is 2. The number of esters is 2. The molecular formula is C26H27NO4S. The zero-order chi connectivity index (χ0) is 22.7. The molecule has 0 unspecified atom stereocenters. The minimum atomic E-state index is -1.57. The van der Waals surface area contributed by atoms with E-state index in [1.54, 1.807) is 13.8 Å². The minimum absolute atomic E-state index is 0.176. The van der Waals surface area contributed by atoms with Crippen LogP contribution in [0.4, 0.5) is 5.69 Å². The Morgan fingerprint density at radius 3 is 2.28 bits per heavy atom. The highest BCUT2D eigenvalue weighted by atomic mass is 32.1. The molecule has 0 N–H and O–H groups in total. The Balaban J connectivity index is 2.04. The van der Waals surface area contributed by atoms with E-state index in [-0.39, 0.29) is 13.2 Å².